The number of nitrogens with one attached hydrogen (secondary N) is 1. The van der Waals surface area contributed by atoms with E-state index in [0.717, 1.165) is 0 Å². The number of nitrogens with zero attached hydrogens (tertiary/aromatic N) is 1. The standard InChI is InChI=1S/C13H21N3O3/c1-13(2,3)19-12(17)16-11(8-14)10-7-9(18-4)5-6-15-10/h5-7,11H,8,14H2,1-4H3,(H,16,17). The number of carbonyl (C=O) groups is 1. The van der Waals surface area contributed by atoms with Crippen LogP contribution in [-0.4, -0.2) is 30.3 Å². The van der Waals surface area contributed by atoms with Gasteiger partial charge < -0.3 is 20.5 Å². The van der Waals surface area contributed by atoms with Gasteiger partial charge in [-0.2, -0.15) is 0 Å². The Morgan fingerprint density at radius 1 is 1.53 bits per heavy atom. The summed E-state index contributed by atoms with van der Waals surface area (Å²) in [6.45, 7) is 5.62. The molecule has 0 fully saturated rings. The zero-order valence-electron chi connectivity index (χ0n) is 11.8. The Hall–Kier alpha value is -1.82. The smallest absolute Gasteiger partial charge is 0.408 e. The van der Waals surface area contributed by atoms with E-state index in [0.29, 0.717) is 11.4 Å². The first kappa shape index (κ1) is 15.2. The molecule has 1 aromatic rings. The Bertz CT molecular complexity index is 429. The summed E-state index contributed by atoms with van der Waals surface area (Å²) in [5, 5.41) is 2.69. The van der Waals surface area contributed by atoms with Gasteiger partial charge in [-0.15, -0.1) is 0 Å². The van der Waals surface area contributed by atoms with Crippen molar-refractivity contribution in [1.82, 2.24) is 10.3 Å². The molecular formula is C13H21N3O3. The Balaban J connectivity index is 2.75. The number of pyridine rings is 1. The maximum atomic E-state index is 11.7. The van der Waals surface area contributed by atoms with Crippen molar-refractivity contribution in [2.24, 2.45) is 5.73 Å². The lowest BCUT2D eigenvalue weighted by atomic mass is 10.2. The van der Waals surface area contributed by atoms with Crippen LogP contribution < -0.4 is 15.8 Å². The van der Waals surface area contributed by atoms with Crippen molar-refractivity contribution in [3.63, 3.8) is 0 Å². The molecule has 0 bridgehead atoms. The van der Waals surface area contributed by atoms with Crippen LogP contribution in [0.4, 0.5) is 4.79 Å². The molecule has 0 aromatic carbocycles. The molecule has 0 aliphatic carbocycles. The van der Waals surface area contributed by atoms with E-state index in [1.165, 1.54) is 0 Å². The summed E-state index contributed by atoms with van der Waals surface area (Å²) in [5.41, 5.74) is 5.74. The molecule has 0 radical (unpaired) electrons. The summed E-state index contributed by atoms with van der Waals surface area (Å²) in [6, 6.07) is 3.05. The molecule has 1 heterocycles. The van der Waals surface area contributed by atoms with Crippen LogP contribution in [0.1, 0.15) is 32.5 Å². The Labute approximate surface area is 113 Å². The maximum absolute atomic E-state index is 11.7. The van der Waals surface area contributed by atoms with Gasteiger partial charge in [0.1, 0.15) is 11.4 Å². The molecule has 1 rings (SSSR count). The van der Waals surface area contributed by atoms with Gasteiger partial charge in [-0.1, -0.05) is 0 Å². The van der Waals surface area contributed by atoms with Gasteiger partial charge >= 0.3 is 6.09 Å². The molecule has 106 valence electrons. The highest BCUT2D eigenvalue weighted by Crippen LogP contribution is 2.16. The quantitative estimate of drug-likeness (QED) is 0.865. The molecule has 19 heavy (non-hydrogen) atoms. The van der Waals surface area contributed by atoms with Crippen molar-refractivity contribution < 1.29 is 14.3 Å². The average molecular weight is 267 g/mol. The fraction of sp³-hybridized carbons (Fsp3) is 0.538. The number of nitrogens with two attached hydrogens (primary N) is 1. The third-order valence-electron chi connectivity index (χ3n) is 2.27. The van der Waals surface area contributed by atoms with Crippen molar-refractivity contribution in [3.8, 4) is 5.75 Å². The summed E-state index contributed by atoms with van der Waals surface area (Å²) in [7, 11) is 1.57. The number of rotatable bonds is 4. The predicted molar refractivity (Wildman–Crippen MR) is 72.0 cm³/mol. The number of hydrogen-bond acceptors (Lipinski definition) is 5. The monoisotopic (exact) mass is 267 g/mol. The highest BCUT2D eigenvalue weighted by atomic mass is 16.6. The lowest BCUT2D eigenvalue weighted by molar-refractivity contribution is 0.0504. The minimum Gasteiger partial charge on any atom is -0.497 e. The fourth-order valence-corrected chi connectivity index (χ4v) is 1.45. The van der Waals surface area contributed by atoms with Crippen molar-refractivity contribution in [1.29, 1.82) is 0 Å². The molecular weight excluding hydrogens is 246 g/mol. The summed E-state index contributed by atoms with van der Waals surface area (Å²) in [4.78, 5) is 15.9. The van der Waals surface area contributed by atoms with E-state index in [1.807, 2.05) is 0 Å². The first-order chi connectivity index (χ1) is 8.85. The minimum atomic E-state index is -0.551. The topological polar surface area (TPSA) is 86.5 Å². The molecule has 3 N–H and O–H groups in total. The van der Waals surface area contributed by atoms with E-state index in [9.17, 15) is 4.79 Å². The number of methoxy groups -OCH3 is 1. The van der Waals surface area contributed by atoms with Crippen LogP contribution in [0.15, 0.2) is 18.3 Å². The molecule has 1 aromatic heterocycles. The van der Waals surface area contributed by atoms with Crippen LogP contribution in [0, 0.1) is 0 Å². The molecule has 1 atom stereocenters. The van der Waals surface area contributed by atoms with E-state index >= 15 is 0 Å². The summed E-state index contributed by atoms with van der Waals surface area (Å²) < 4.78 is 10.3. The number of aromatic nitrogens is 1. The average Bonchev–Trinajstić information content (AvgIpc) is 2.34. The third-order valence-corrected chi connectivity index (χ3v) is 2.27. The molecule has 0 spiro atoms. The largest absolute Gasteiger partial charge is 0.497 e. The van der Waals surface area contributed by atoms with Gasteiger partial charge in [0.15, 0.2) is 0 Å². The maximum Gasteiger partial charge on any atom is 0.408 e. The number of ether oxygens (including phenoxy) is 2. The van der Waals surface area contributed by atoms with Crippen molar-refractivity contribution in [2.75, 3.05) is 13.7 Å². The van der Waals surface area contributed by atoms with Gasteiger partial charge in [0.2, 0.25) is 0 Å². The third kappa shape index (κ3) is 5.13. The van der Waals surface area contributed by atoms with E-state index in [2.05, 4.69) is 10.3 Å². The number of amides is 1. The highest BCUT2D eigenvalue weighted by Gasteiger charge is 2.20. The van der Waals surface area contributed by atoms with Gasteiger partial charge in [0, 0.05) is 18.8 Å². The van der Waals surface area contributed by atoms with Gasteiger partial charge in [-0.05, 0) is 26.8 Å². The minimum absolute atomic E-state index is 0.222. The van der Waals surface area contributed by atoms with Gasteiger partial charge in [-0.25, -0.2) is 4.79 Å². The Morgan fingerprint density at radius 3 is 2.74 bits per heavy atom. The predicted octanol–water partition coefficient (Wildman–Crippen LogP) is 1.61. The Kier molecular flexibility index (Phi) is 5.11. The highest BCUT2D eigenvalue weighted by molar-refractivity contribution is 5.68. The van der Waals surface area contributed by atoms with Crippen LogP contribution in [0.2, 0.25) is 0 Å². The first-order valence-electron chi connectivity index (χ1n) is 6.05. The second-order valence-corrected chi connectivity index (χ2v) is 5.06. The van der Waals surface area contributed by atoms with Gasteiger partial charge in [0.05, 0.1) is 18.8 Å². The second kappa shape index (κ2) is 6.38. The van der Waals surface area contributed by atoms with E-state index in [-0.39, 0.29) is 6.54 Å². The normalized spacial score (nSPS) is 12.7. The second-order valence-electron chi connectivity index (χ2n) is 5.06. The zero-order chi connectivity index (χ0) is 14.5. The van der Waals surface area contributed by atoms with Crippen molar-refractivity contribution in [3.05, 3.63) is 24.0 Å². The van der Waals surface area contributed by atoms with Crippen LogP contribution in [0.25, 0.3) is 0 Å². The SMILES string of the molecule is COc1ccnc(C(CN)NC(=O)OC(C)(C)C)c1. The Morgan fingerprint density at radius 2 is 2.21 bits per heavy atom. The van der Waals surface area contributed by atoms with E-state index in [4.69, 9.17) is 15.2 Å². The lowest BCUT2D eigenvalue weighted by Gasteiger charge is -2.22. The molecule has 0 aliphatic heterocycles. The van der Waals surface area contributed by atoms with E-state index in [1.54, 1.807) is 46.2 Å². The number of hydrogen-bond donors (Lipinski definition) is 2. The number of carbonyl (C=O) groups excluding carboxylic acids is 1. The van der Waals surface area contributed by atoms with Crippen molar-refractivity contribution in [2.45, 2.75) is 32.4 Å². The molecule has 1 unspecified atom stereocenters. The van der Waals surface area contributed by atoms with Crippen LogP contribution in [0.5, 0.6) is 5.75 Å². The first-order valence-corrected chi connectivity index (χ1v) is 6.05. The summed E-state index contributed by atoms with van der Waals surface area (Å²) >= 11 is 0. The molecule has 6 heteroatoms. The van der Waals surface area contributed by atoms with Gasteiger partial charge in [-0.3, -0.25) is 4.98 Å². The lowest BCUT2D eigenvalue weighted by Crippen LogP contribution is -2.38. The summed E-state index contributed by atoms with van der Waals surface area (Å²) in [6.07, 6.45) is 1.08. The fourth-order valence-electron chi connectivity index (χ4n) is 1.45. The van der Waals surface area contributed by atoms with Crippen molar-refractivity contribution >= 4 is 6.09 Å². The van der Waals surface area contributed by atoms with Gasteiger partial charge in [0.25, 0.3) is 0 Å². The van der Waals surface area contributed by atoms with Crippen LogP contribution in [-0.2, 0) is 4.74 Å². The number of alkyl carbamates (subject to hydrolysis) is 1. The van der Waals surface area contributed by atoms with E-state index < -0.39 is 17.7 Å². The van der Waals surface area contributed by atoms with Crippen LogP contribution >= 0.6 is 0 Å². The molecule has 0 aliphatic rings. The molecule has 6 nitrogen and oxygen atoms in total. The molecule has 0 saturated carbocycles. The van der Waals surface area contributed by atoms with Crippen LogP contribution in [0.3, 0.4) is 0 Å². The molecule has 0 saturated heterocycles. The molecule has 1 amide bonds. The zero-order valence-corrected chi connectivity index (χ0v) is 11.8. The summed E-state index contributed by atoms with van der Waals surface area (Å²) in [5.74, 6) is 0.662.